The maximum atomic E-state index is 12.7. The Hall–Kier alpha value is -3.23. The first-order valence-corrected chi connectivity index (χ1v) is 9.71. The van der Waals surface area contributed by atoms with E-state index in [2.05, 4.69) is 5.32 Å². The molecule has 2 amide bonds. The number of rotatable bonds is 5. The molecule has 1 aliphatic rings. The van der Waals surface area contributed by atoms with Gasteiger partial charge < -0.3 is 19.7 Å². The zero-order valence-corrected chi connectivity index (χ0v) is 17.2. The van der Waals surface area contributed by atoms with Crippen molar-refractivity contribution < 1.29 is 32.2 Å². The third-order valence-electron chi connectivity index (χ3n) is 5.19. The van der Waals surface area contributed by atoms with Crippen molar-refractivity contribution in [3.63, 3.8) is 0 Å². The standard InChI is InChI=1S/C22H23F3N2O4/c1-30-18-11-15(12-19(13-18)31-2)20(28)26-17-7-9-27(10-8-17)21(29)14-3-5-16(6-4-14)22(23,24)25/h3-6,11-13,17H,7-10H2,1-2H3,(H,26,28). The molecular formula is C22H23F3N2O4. The van der Waals surface area contributed by atoms with Crippen molar-refractivity contribution in [3.8, 4) is 11.5 Å². The Kier molecular flexibility index (Phi) is 6.72. The van der Waals surface area contributed by atoms with Crippen molar-refractivity contribution in [1.82, 2.24) is 10.2 Å². The molecule has 0 unspecified atom stereocenters. The normalized spacial score (nSPS) is 14.8. The Morgan fingerprint density at radius 2 is 1.48 bits per heavy atom. The smallest absolute Gasteiger partial charge is 0.416 e. The first-order valence-electron chi connectivity index (χ1n) is 9.71. The largest absolute Gasteiger partial charge is 0.497 e. The molecular weight excluding hydrogens is 413 g/mol. The number of benzene rings is 2. The van der Waals surface area contributed by atoms with Crippen LogP contribution in [-0.2, 0) is 6.18 Å². The number of amides is 2. The molecule has 2 aromatic carbocycles. The molecule has 0 aliphatic carbocycles. The number of hydrogen-bond acceptors (Lipinski definition) is 4. The minimum atomic E-state index is -4.44. The van der Waals surface area contributed by atoms with Crippen molar-refractivity contribution in [3.05, 3.63) is 59.2 Å². The predicted molar refractivity (Wildman–Crippen MR) is 107 cm³/mol. The Bertz CT molecular complexity index is 915. The second kappa shape index (κ2) is 9.28. The molecule has 3 rings (SSSR count). The van der Waals surface area contributed by atoms with Crippen LogP contribution in [0, 0.1) is 0 Å². The molecule has 1 heterocycles. The zero-order valence-electron chi connectivity index (χ0n) is 17.2. The predicted octanol–water partition coefficient (Wildman–Crippen LogP) is 3.76. The van der Waals surface area contributed by atoms with E-state index < -0.39 is 11.7 Å². The Morgan fingerprint density at radius 3 is 1.97 bits per heavy atom. The highest BCUT2D eigenvalue weighted by molar-refractivity contribution is 5.95. The lowest BCUT2D eigenvalue weighted by atomic mass is 10.0. The molecule has 2 aromatic rings. The van der Waals surface area contributed by atoms with Gasteiger partial charge in [0.2, 0.25) is 0 Å². The number of methoxy groups -OCH3 is 2. The van der Waals surface area contributed by atoms with Crippen LogP contribution in [0.2, 0.25) is 0 Å². The van der Waals surface area contributed by atoms with Crippen LogP contribution in [0.25, 0.3) is 0 Å². The summed E-state index contributed by atoms with van der Waals surface area (Å²) in [5.41, 5.74) is -0.182. The average Bonchev–Trinajstić information content (AvgIpc) is 2.78. The molecule has 1 saturated heterocycles. The topological polar surface area (TPSA) is 67.9 Å². The number of halogens is 3. The van der Waals surface area contributed by atoms with E-state index >= 15 is 0 Å². The lowest BCUT2D eigenvalue weighted by Gasteiger charge is -2.32. The van der Waals surface area contributed by atoms with Gasteiger partial charge >= 0.3 is 6.18 Å². The van der Waals surface area contributed by atoms with Crippen molar-refractivity contribution >= 4 is 11.8 Å². The van der Waals surface area contributed by atoms with Crippen LogP contribution in [-0.4, -0.2) is 50.1 Å². The minimum Gasteiger partial charge on any atom is -0.497 e. The van der Waals surface area contributed by atoms with Gasteiger partial charge in [0.25, 0.3) is 11.8 Å². The summed E-state index contributed by atoms with van der Waals surface area (Å²) in [6.45, 7) is 0.790. The van der Waals surface area contributed by atoms with Gasteiger partial charge in [0, 0.05) is 36.3 Å². The molecule has 1 fully saturated rings. The number of nitrogens with zero attached hydrogens (tertiary/aromatic N) is 1. The van der Waals surface area contributed by atoms with Crippen molar-refractivity contribution in [2.75, 3.05) is 27.3 Å². The highest BCUT2D eigenvalue weighted by Gasteiger charge is 2.31. The molecule has 0 aromatic heterocycles. The first kappa shape index (κ1) is 22.5. The quantitative estimate of drug-likeness (QED) is 0.775. The number of ether oxygens (including phenoxy) is 2. The molecule has 31 heavy (non-hydrogen) atoms. The van der Waals surface area contributed by atoms with Gasteiger partial charge in [-0.25, -0.2) is 0 Å². The summed E-state index contributed by atoms with van der Waals surface area (Å²) in [7, 11) is 3.00. The van der Waals surface area contributed by atoms with Crippen LogP contribution in [0.4, 0.5) is 13.2 Å². The monoisotopic (exact) mass is 436 g/mol. The van der Waals surface area contributed by atoms with Crippen LogP contribution in [0.3, 0.4) is 0 Å². The van der Waals surface area contributed by atoms with Crippen molar-refractivity contribution in [2.45, 2.75) is 25.1 Å². The maximum absolute atomic E-state index is 12.7. The Labute approximate surface area is 177 Å². The average molecular weight is 436 g/mol. The van der Waals surface area contributed by atoms with Gasteiger partial charge in [0.05, 0.1) is 19.8 Å². The molecule has 6 nitrogen and oxygen atoms in total. The Morgan fingerprint density at radius 1 is 0.935 bits per heavy atom. The molecule has 0 spiro atoms. The fraction of sp³-hybridized carbons (Fsp3) is 0.364. The molecule has 1 aliphatic heterocycles. The van der Waals surface area contributed by atoms with Gasteiger partial charge in [-0.1, -0.05) is 0 Å². The SMILES string of the molecule is COc1cc(OC)cc(C(=O)NC2CCN(C(=O)c3ccc(C(F)(F)F)cc3)CC2)c1. The summed E-state index contributed by atoms with van der Waals surface area (Å²) < 4.78 is 48.4. The lowest BCUT2D eigenvalue weighted by Crippen LogP contribution is -2.46. The van der Waals surface area contributed by atoms with E-state index in [1.54, 1.807) is 23.1 Å². The molecule has 0 bridgehead atoms. The van der Waals surface area contributed by atoms with E-state index in [0.29, 0.717) is 43.0 Å². The van der Waals surface area contributed by atoms with E-state index in [-0.39, 0.29) is 23.4 Å². The number of likely N-dealkylation sites (tertiary alicyclic amines) is 1. The third kappa shape index (κ3) is 5.48. The summed E-state index contributed by atoms with van der Waals surface area (Å²) in [6.07, 6.45) is -3.36. The summed E-state index contributed by atoms with van der Waals surface area (Å²) in [4.78, 5) is 26.8. The van der Waals surface area contributed by atoms with Gasteiger partial charge in [-0.2, -0.15) is 13.2 Å². The van der Waals surface area contributed by atoms with Crippen LogP contribution >= 0.6 is 0 Å². The minimum absolute atomic E-state index is 0.124. The van der Waals surface area contributed by atoms with E-state index in [4.69, 9.17) is 9.47 Å². The van der Waals surface area contributed by atoms with Gasteiger partial charge in [-0.15, -0.1) is 0 Å². The highest BCUT2D eigenvalue weighted by Crippen LogP contribution is 2.29. The fourth-order valence-electron chi connectivity index (χ4n) is 3.42. The summed E-state index contributed by atoms with van der Waals surface area (Å²) >= 11 is 0. The van der Waals surface area contributed by atoms with Crippen LogP contribution < -0.4 is 14.8 Å². The van der Waals surface area contributed by atoms with Gasteiger partial charge in [0.15, 0.2) is 0 Å². The van der Waals surface area contributed by atoms with E-state index in [1.807, 2.05) is 0 Å². The van der Waals surface area contributed by atoms with Gasteiger partial charge in [-0.05, 0) is 49.2 Å². The maximum Gasteiger partial charge on any atom is 0.416 e. The number of nitrogens with one attached hydrogen (secondary N) is 1. The summed E-state index contributed by atoms with van der Waals surface area (Å²) in [6, 6.07) is 8.96. The number of hydrogen-bond donors (Lipinski definition) is 1. The zero-order chi connectivity index (χ0) is 22.6. The summed E-state index contributed by atoms with van der Waals surface area (Å²) in [5, 5.41) is 2.95. The van der Waals surface area contributed by atoms with Crippen LogP contribution in [0.1, 0.15) is 39.1 Å². The summed E-state index contributed by atoms with van der Waals surface area (Å²) in [5.74, 6) is 0.406. The molecule has 9 heteroatoms. The molecule has 0 radical (unpaired) electrons. The second-order valence-corrected chi connectivity index (χ2v) is 7.22. The molecule has 1 N–H and O–H groups in total. The molecule has 0 saturated carbocycles. The van der Waals surface area contributed by atoms with Gasteiger partial charge in [-0.3, -0.25) is 9.59 Å². The number of carbonyl (C=O) groups excluding carboxylic acids is 2. The highest BCUT2D eigenvalue weighted by atomic mass is 19.4. The molecule has 0 atom stereocenters. The second-order valence-electron chi connectivity index (χ2n) is 7.22. The van der Waals surface area contributed by atoms with E-state index in [9.17, 15) is 22.8 Å². The Balaban J connectivity index is 1.57. The van der Waals surface area contributed by atoms with E-state index in [0.717, 1.165) is 12.1 Å². The fourth-order valence-corrected chi connectivity index (χ4v) is 3.42. The van der Waals surface area contributed by atoms with Crippen LogP contribution in [0.15, 0.2) is 42.5 Å². The van der Waals surface area contributed by atoms with Crippen molar-refractivity contribution in [1.29, 1.82) is 0 Å². The van der Waals surface area contributed by atoms with Crippen molar-refractivity contribution in [2.24, 2.45) is 0 Å². The number of alkyl halides is 3. The first-order chi connectivity index (χ1) is 14.7. The number of piperidine rings is 1. The lowest BCUT2D eigenvalue weighted by molar-refractivity contribution is -0.137. The van der Waals surface area contributed by atoms with Gasteiger partial charge in [0.1, 0.15) is 11.5 Å². The van der Waals surface area contributed by atoms with E-state index in [1.165, 1.54) is 26.4 Å². The third-order valence-corrected chi connectivity index (χ3v) is 5.19. The molecule has 166 valence electrons. The number of carbonyl (C=O) groups is 2. The van der Waals surface area contributed by atoms with Crippen LogP contribution in [0.5, 0.6) is 11.5 Å².